The quantitative estimate of drug-likeness (QED) is 0.707. The van der Waals surface area contributed by atoms with Gasteiger partial charge in [0.2, 0.25) is 5.91 Å². The van der Waals surface area contributed by atoms with Crippen LogP contribution in [-0.4, -0.2) is 65.1 Å². The van der Waals surface area contributed by atoms with E-state index in [4.69, 9.17) is 0 Å². The van der Waals surface area contributed by atoms with Crippen molar-refractivity contribution in [2.75, 3.05) is 32.5 Å². The summed E-state index contributed by atoms with van der Waals surface area (Å²) in [6.07, 6.45) is 2.45. The van der Waals surface area contributed by atoms with Crippen molar-refractivity contribution in [2.24, 2.45) is 0 Å². The summed E-state index contributed by atoms with van der Waals surface area (Å²) >= 11 is 3.39. The number of amides is 1. The molecule has 1 aromatic rings. The number of aromatic nitrogens is 1. The van der Waals surface area contributed by atoms with Gasteiger partial charge in [0.15, 0.2) is 0 Å². The predicted octanol–water partition coefficient (Wildman–Crippen LogP) is 3.80. The third-order valence-corrected chi connectivity index (χ3v) is 5.75. The van der Waals surface area contributed by atoms with Crippen molar-refractivity contribution < 1.29 is 9.18 Å². The van der Waals surface area contributed by atoms with Crippen molar-refractivity contribution in [1.82, 2.24) is 14.8 Å². The van der Waals surface area contributed by atoms with E-state index in [1.165, 1.54) is 0 Å². The van der Waals surface area contributed by atoms with Crippen molar-refractivity contribution in [3.63, 3.8) is 0 Å². The van der Waals surface area contributed by atoms with Gasteiger partial charge in [0, 0.05) is 25.0 Å². The van der Waals surface area contributed by atoms with Crippen LogP contribution in [0.25, 0.3) is 0 Å². The number of rotatable bonds is 5. The number of carbonyl (C=O) groups excluding carboxylic acids is 1. The summed E-state index contributed by atoms with van der Waals surface area (Å²) in [5.74, 6) is 0.905. The Morgan fingerprint density at radius 1 is 1.41 bits per heavy atom. The van der Waals surface area contributed by atoms with Gasteiger partial charge in [-0.2, -0.15) is 0 Å². The number of halogens is 2. The second kappa shape index (κ2) is 7.41. The van der Waals surface area contributed by atoms with E-state index in [0.29, 0.717) is 22.9 Å². The Bertz CT molecular complexity index is 716. The van der Waals surface area contributed by atoms with E-state index in [1.54, 1.807) is 0 Å². The van der Waals surface area contributed by atoms with E-state index >= 15 is 4.39 Å². The van der Waals surface area contributed by atoms with Crippen LogP contribution in [0.3, 0.4) is 0 Å². The first kappa shape index (κ1) is 20.7. The average Bonchev–Trinajstić information content (AvgIpc) is 3.28. The summed E-state index contributed by atoms with van der Waals surface area (Å²) in [6.45, 7) is 6.66. The van der Waals surface area contributed by atoms with Crippen LogP contribution in [-0.2, 0) is 4.79 Å². The molecule has 0 unspecified atom stereocenters. The van der Waals surface area contributed by atoms with Crippen LogP contribution in [0, 0.1) is 0 Å². The highest BCUT2D eigenvalue weighted by atomic mass is 79.9. The molecule has 5 nitrogen and oxygen atoms in total. The zero-order chi connectivity index (χ0) is 20.0. The van der Waals surface area contributed by atoms with Crippen LogP contribution in [0.5, 0.6) is 0 Å². The molecule has 1 N–H and O–H groups in total. The fourth-order valence-electron chi connectivity index (χ4n) is 4.03. The second-order valence-corrected chi connectivity index (χ2v) is 10.1. The molecule has 1 aliphatic heterocycles. The molecule has 0 bridgehead atoms. The van der Waals surface area contributed by atoms with E-state index in [1.807, 2.05) is 56.8 Å². The molecule has 1 amide bonds. The largest absolute Gasteiger partial charge is 0.309 e. The zero-order valence-corrected chi connectivity index (χ0v) is 18.4. The van der Waals surface area contributed by atoms with Crippen LogP contribution in [0.2, 0.25) is 0 Å². The lowest BCUT2D eigenvalue weighted by atomic mass is 10.0. The molecular weight excluding hydrogens is 411 g/mol. The zero-order valence-electron chi connectivity index (χ0n) is 16.9. The average molecular weight is 441 g/mol. The van der Waals surface area contributed by atoms with Gasteiger partial charge in [-0.3, -0.25) is 9.69 Å². The predicted molar refractivity (Wildman–Crippen MR) is 110 cm³/mol. The van der Waals surface area contributed by atoms with Crippen molar-refractivity contribution in [3.8, 4) is 0 Å². The smallest absolute Gasteiger partial charge is 0.243 e. The van der Waals surface area contributed by atoms with Gasteiger partial charge in [-0.1, -0.05) is 6.07 Å². The minimum absolute atomic E-state index is 0.171. The molecule has 3 rings (SSSR count). The first-order valence-electron chi connectivity index (χ1n) is 9.56. The number of nitrogens with one attached hydrogen (secondary N) is 1. The minimum atomic E-state index is -1.40. The molecule has 0 aromatic carbocycles. The molecule has 1 saturated carbocycles. The van der Waals surface area contributed by atoms with Crippen LogP contribution in [0.4, 0.5) is 10.2 Å². The molecule has 27 heavy (non-hydrogen) atoms. The van der Waals surface area contributed by atoms with Gasteiger partial charge >= 0.3 is 0 Å². The molecule has 1 saturated heterocycles. The maximum Gasteiger partial charge on any atom is 0.243 e. The van der Waals surface area contributed by atoms with E-state index in [-0.39, 0.29) is 24.4 Å². The Hall–Kier alpha value is -1.05. The Morgan fingerprint density at radius 3 is 2.63 bits per heavy atom. The Morgan fingerprint density at radius 2 is 2.07 bits per heavy atom. The number of pyridine rings is 1. The monoisotopic (exact) mass is 440 g/mol. The first-order chi connectivity index (χ1) is 12.5. The summed E-state index contributed by atoms with van der Waals surface area (Å²) < 4.78 is 16.2. The molecule has 2 atom stereocenters. The molecule has 2 fully saturated rings. The van der Waals surface area contributed by atoms with E-state index in [9.17, 15) is 4.79 Å². The van der Waals surface area contributed by atoms with Gasteiger partial charge in [-0.25, -0.2) is 9.37 Å². The molecule has 2 heterocycles. The van der Waals surface area contributed by atoms with Crippen LogP contribution in [0.1, 0.15) is 51.5 Å². The molecule has 0 radical (unpaired) electrons. The van der Waals surface area contributed by atoms with Crippen molar-refractivity contribution in [1.29, 1.82) is 0 Å². The van der Waals surface area contributed by atoms with Crippen LogP contribution < -0.4 is 5.32 Å². The first-order valence-corrected chi connectivity index (χ1v) is 10.4. The third-order valence-electron chi connectivity index (χ3n) is 5.30. The van der Waals surface area contributed by atoms with Gasteiger partial charge in [-0.15, -0.1) is 0 Å². The highest BCUT2D eigenvalue weighted by molar-refractivity contribution is 9.10. The van der Waals surface area contributed by atoms with Gasteiger partial charge in [0.25, 0.3) is 0 Å². The lowest BCUT2D eigenvalue weighted by molar-refractivity contribution is -0.122. The minimum Gasteiger partial charge on any atom is -0.309 e. The van der Waals surface area contributed by atoms with Crippen molar-refractivity contribution >= 4 is 27.7 Å². The molecule has 7 heteroatoms. The summed E-state index contributed by atoms with van der Waals surface area (Å²) in [7, 11) is 3.73. The normalized spacial score (nSPS) is 26.6. The van der Waals surface area contributed by atoms with Crippen molar-refractivity contribution in [3.05, 3.63) is 22.3 Å². The molecule has 0 spiro atoms. The number of likely N-dealkylation sites (tertiary alicyclic amines) is 1. The number of anilines is 1. The number of nitrogens with zero attached hydrogens (tertiary/aromatic N) is 3. The highest BCUT2D eigenvalue weighted by Crippen LogP contribution is 2.43. The van der Waals surface area contributed by atoms with Gasteiger partial charge in [-0.05, 0) is 81.2 Å². The molecule has 150 valence electrons. The van der Waals surface area contributed by atoms with Crippen LogP contribution in [0.15, 0.2) is 16.7 Å². The Kier molecular flexibility index (Phi) is 5.67. The number of hydrogen-bond acceptors (Lipinski definition) is 4. The maximum atomic E-state index is 15.5. The molecule has 1 aromatic heterocycles. The highest BCUT2D eigenvalue weighted by Gasteiger charge is 2.51. The van der Waals surface area contributed by atoms with Gasteiger partial charge < -0.3 is 10.2 Å². The number of carbonyl (C=O) groups is 1. The fourth-order valence-corrected chi connectivity index (χ4v) is 4.34. The lowest BCUT2D eigenvalue weighted by Gasteiger charge is -2.36. The summed E-state index contributed by atoms with van der Waals surface area (Å²) in [4.78, 5) is 21.5. The summed E-state index contributed by atoms with van der Waals surface area (Å²) in [5, 5.41) is 3.01. The molecule has 1 aliphatic carbocycles. The van der Waals surface area contributed by atoms with Gasteiger partial charge in [0.1, 0.15) is 16.1 Å². The number of alkyl halides is 1. The maximum absolute atomic E-state index is 15.5. The summed E-state index contributed by atoms with van der Waals surface area (Å²) in [6, 6.07) is 3.42. The van der Waals surface area contributed by atoms with E-state index in [0.717, 1.165) is 18.4 Å². The number of hydrogen-bond donors (Lipinski definition) is 1. The fraction of sp³-hybridized carbons (Fsp3) is 0.700. The molecular formula is C20H30BrFN4O. The SMILES string of the molecule is CN(C)C[C@@]1(F)C[C@@H](C(=O)Nc2nc(Br)ccc2C2CC2)N(C(C)(C)C)C1. The lowest BCUT2D eigenvalue weighted by Crippen LogP contribution is -2.50. The van der Waals surface area contributed by atoms with Crippen LogP contribution >= 0.6 is 15.9 Å². The van der Waals surface area contributed by atoms with Gasteiger partial charge in [0.05, 0.1) is 6.04 Å². The summed E-state index contributed by atoms with van der Waals surface area (Å²) in [5.41, 5.74) is -0.624. The standard InChI is InChI=1S/C20H30BrFN4O/c1-19(2,3)26-12-20(22,11-25(4)5)10-15(26)18(27)24-17-14(13-6-7-13)8-9-16(21)23-17/h8-9,13,15H,6-7,10-12H2,1-5H3,(H,23,24,27)/t15-,20-/m0/s1. The van der Waals surface area contributed by atoms with E-state index in [2.05, 4.69) is 26.2 Å². The topological polar surface area (TPSA) is 48.5 Å². The van der Waals surface area contributed by atoms with E-state index < -0.39 is 11.7 Å². The second-order valence-electron chi connectivity index (χ2n) is 9.24. The molecule has 2 aliphatic rings. The third kappa shape index (κ3) is 4.87. The van der Waals surface area contributed by atoms with Crippen molar-refractivity contribution in [2.45, 2.75) is 63.2 Å². The Balaban J connectivity index is 1.83. The Labute approximate surface area is 169 Å².